The van der Waals surface area contributed by atoms with E-state index in [-0.39, 0.29) is 6.16 Å². The lowest BCUT2D eigenvalue weighted by Gasteiger charge is -2.03. The molecule has 0 saturated heterocycles. The second-order valence-corrected chi connectivity index (χ2v) is 8.23. The van der Waals surface area contributed by atoms with Gasteiger partial charge in [0.2, 0.25) is 0 Å². The summed E-state index contributed by atoms with van der Waals surface area (Å²) in [6.45, 7) is 0. The van der Waals surface area contributed by atoms with Crippen LogP contribution >= 0.6 is 15.2 Å². The van der Waals surface area contributed by atoms with E-state index < -0.39 is 15.2 Å². The average molecular weight is 328 g/mol. The minimum Gasteiger partial charge on any atom is -0.324 e. The highest BCUT2D eigenvalue weighted by atomic mass is 31.2. The van der Waals surface area contributed by atoms with Crippen LogP contribution in [0.5, 0.6) is 0 Å². The fraction of sp³-hybridized carbons (Fsp3) is 0.833. The molecule has 0 bridgehead atoms. The van der Waals surface area contributed by atoms with Crippen molar-refractivity contribution in [2.24, 2.45) is 0 Å². The van der Waals surface area contributed by atoms with E-state index in [4.69, 9.17) is 19.6 Å². The predicted octanol–water partition coefficient (Wildman–Crippen LogP) is 3.37. The van der Waals surface area contributed by atoms with Crippen LogP contribution in [0.15, 0.2) is 11.9 Å². The van der Waals surface area contributed by atoms with Crippen LogP contribution in [0, 0.1) is 0 Å². The van der Waals surface area contributed by atoms with E-state index in [1.165, 1.54) is 6.08 Å². The fourth-order valence-electron chi connectivity index (χ4n) is 1.85. The minimum atomic E-state index is -3.99. The van der Waals surface area contributed by atoms with Gasteiger partial charge in [-0.2, -0.15) is 0 Å². The summed E-state index contributed by atoms with van der Waals surface area (Å²) >= 11 is 0. The first kappa shape index (κ1) is 20.0. The average Bonchev–Trinajstić information content (AvgIpc) is 2.27. The first-order valence-corrected chi connectivity index (χ1v) is 10.5. The maximum atomic E-state index is 10.6. The molecular formula is C12H26O6P2. The first-order valence-electron chi connectivity index (χ1n) is 6.98. The smallest absolute Gasteiger partial charge is 0.324 e. The minimum absolute atomic E-state index is 0.0150. The molecule has 0 aromatic rings. The van der Waals surface area contributed by atoms with Crippen molar-refractivity contribution in [1.29, 1.82) is 0 Å². The molecule has 0 atom stereocenters. The quantitative estimate of drug-likeness (QED) is 0.322. The summed E-state index contributed by atoms with van der Waals surface area (Å²) in [4.78, 5) is 34.5. The standard InChI is InChI=1S/C12H26O6P2/c13-19(14,15)11-9-7-5-3-1-2-4-6-8-10-12-20(16,17)18/h9,11H,1-8,10,12H2,(H2,13,14,15)(H2,16,17,18). The highest BCUT2D eigenvalue weighted by Crippen LogP contribution is 2.36. The molecule has 0 aliphatic rings. The molecule has 6 nitrogen and oxygen atoms in total. The number of unbranched alkanes of at least 4 members (excludes halogenated alkanes) is 8. The van der Waals surface area contributed by atoms with Gasteiger partial charge in [-0.1, -0.05) is 44.6 Å². The molecule has 0 radical (unpaired) electrons. The molecule has 0 aliphatic heterocycles. The van der Waals surface area contributed by atoms with Gasteiger partial charge in [0.1, 0.15) is 0 Å². The van der Waals surface area contributed by atoms with Crippen LogP contribution < -0.4 is 0 Å². The second kappa shape index (κ2) is 10.7. The number of rotatable bonds is 12. The first-order chi connectivity index (χ1) is 9.21. The van der Waals surface area contributed by atoms with Crippen LogP contribution in [0.25, 0.3) is 0 Å². The Morgan fingerprint density at radius 3 is 1.60 bits per heavy atom. The SMILES string of the molecule is O=P(O)(O)C=CCCCCCCCCCCP(=O)(O)O. The van der Waals surface area contributed by atoms with Crippen molar-refractivity contribution in [1.82, 2.24) is 0 Å². The molecule has 8 heteroatoms. The van der Waals surface area contributed by atoms with Crippen molar-refractivity contribution < 1.29 is 28.7 Å². The highest BCUT2D eigenvalue weighted by molar-refractivity contribution is 7.55. The summed E-state index contributed by atoms with van der Waals surface area (Å²) in [6, 6.07) is 0. The molecule has 120 valence electrons. The van der Waals surface area contributed by atoms with Gasteiger partial charge in [-0.05, 0) is 19.3 Å². The summed E-state index contributed by atoms with van der Waals surface area (Å²) in [7, 11) is -7.81. The van der Waals surface area contributed by atoms with Crippen LogP contribution in [0.1, 0.15) is 57.8 Å². The molecule has 0 aliphatic carbocycles. The maximum Gasteiger partial charge on any atom is 0.348 e. The predicted molar refractivity (Wildman–Crippen MR) is 79.6 cm³/mol. The normalized spacial score (nSPS) is 13.2. The van der Waals surface area contributed by atoms with Crippen molar-refractivity contribution in [3.8, 4) is 0 Å². The molecule has 0 unspecified atom stereocenters. The maximum absolute atomic E-state index is 10.6. The van der Waals surface area contributed by atoms with E-state index in [1.807, 2.05) is 0 Å². The Hall–Kier alpha value is 0.0400. The monoisotopic (exact) mass is 328 g/mol. The molecule has 0 aromatic heterocycles. The Balaban J connectivity index is 3.24. The number of allylic oxidation sites excluding steroid dienone is 1. The lowest BCUT2D eigenvalue weighted by molar-refractivity contribution is 0.370. The van der Waals surface area contributed by atoms with Crippen molar-refractivity contribution in [2.45, 2.75) is 57.8 Å². The Kier molecular flexibility index (Phi) is 10.7. The zero-order chi connectivity index (χ0) is 15.5. The summed E-state index contributed by atoms with van der Waals surface area (Å²) in [6.07, 6.45) is 9.85. The molecular weight excluding hydrogens is 302 g/mol. The highest BCUT2D eigenvalue weighted by Gasteiger charge is 2.10. The van der Waals surface area contributed by atoms with Gasteiger partial charge in [0.05, 0.1) is 0 Å². The Bertz CT molecular complexity index is 357. The van der Waals surface area contributed by atoms with Crippen molar-refractivity contribution in [2.75, 3.05) is 6.16 Å². The third-order valence-electron chi connectivity index (χ3n) is 2.87. The topological polar surface area (TPSA) is 115 Å². The van der Waals surface area contributed by atoms with Gasteiger partial charge < -0.3 is 19.6 Å². The summed E-state index contributed by atoms with van der Waals surface area (Å²) in [5.74, 6) is 0.952. The molecule has 0 rings (SSSR count). The van der Waals surface area contributed by atoms with Gasteiger partial charge in [0.15, 0.2) is 0 Å². The summed E-state index contributed by atoms with van der Waals surface area (Å²) in [5.41, 5.74) is 0. The van der Waals surface area contributed by atoms with E-state index in [0.29, 0.717) is 12.8 Å². The third-order valence-corrected chi connectivity index (χ3v) is 4.37. The second-order valence-electron chi connectivity index (χ2n) is 4.98. The number of hydrogen-bond acceptors (Lipinski definition) is 2. The van der Waals surface area contributed by atoms with E-state index >= 15 is 0 Å². The van der Waals surface area contributed by atoms with Gasteiger partial charge in [0.25, 0.3) is 0 Å². The Morgan fingerprint density at radius 2 is 1.15 bits per heavy atom. The Labute approximate surface area is 120 Å². The Morgan fingerprint density at radius 1 is 0.700 bits per heavy atom. The van der Waals surface area contributed by atoms with E-state index in [2.05, 4.69) is 0 Å². The largest absolute Gasteiger partial charge is 0.348 e. The fourth-order valence-corrected chi connectivity index (χ4v) is 2.91. The molecule has 20 heavy (non-hydrogen) atoms. The van der Waals surface area contributed by atoms with Crippen LogP contribution in [0.4, 0.5) is 0 Å². The molecule has 0 spiro atoms. The van der Waals surface area contributed by atoms with Gasteiger partial charge in [-0.25, -0.2) is 0 Å². The molecule has 0 aromatic carbocycles. The van der Waals surface area contributed by atoms with Crippen LogP contribution in [-0.4, -0.2) is 25.7 Å². The zero-order valence-corrected chi connectivity index (χ0v) is 13.5. The van der Waals surface area contributed by atoms with Crippen LogP contribution in [-0.2, 0) is 9.13 Å². The van der Waals surface area contributed by atoms with E-state index in [0.717, 1.165) is 50.8 Å². The van der Waals surface area contributed by atoms with E-state index in [9.17, 15) is 9.13 Å². The molecule has 0 saturated carbocycles. The lowest BCUT2D eigenvalue weighted by Crippen LogP contribution is -1.88. The molecule has 0 fully saturated rings. The molecule has 0 amide bonds. The zero-order valence-electron chi connectivity index (χ0n) is 11.7. The van der Waals surface area contributed by atoms with Gasteiger partial charge >= 0.3 is 15.2 Å². The third kappa shape index (κ3) is 18.0. The van der Waals surface area contributed by atoms with Gasteiger partial charge in [0, 0.05) is 12.0 Å². The van der Waals surface area contributed by atoms with Gasteiger partial charge in [-0.15, -0.1) is 0 Å². The van der Waals surface area contributed by atoms with Crippen molar-refractivity contribution in [3.05, 3.63) is 11.9 Å². The summed E-state index contributed by atoms with van der Waals surface area (Å²) < 4.78 is 21.1. The lowest BCUT2D eigenvalue weighted by atomic mass is 10.1. The summed E-state index contributed by atoms with van der Waals surface area (Å²) in [5, 5.41) is 0. The van der Waals surface area contributed by atoms with Crippen molar-refractivity contribution in [3.63, 3.8) is 0 Å². The van der Waals surface area contributed by atoms with Crippen LogP contribution in [0.2, 0.25) is 0 Å². The molecule has 4 N–H and O–H groups in total. The van der Waals surface area contributed by atoms with Gasteiger partial charge in [-0.3, -0.25) is 9.13 Å². The molecule has 0 heterocycles. The number of hydrogen-bond donors (Lipinski definition) is 4. The van der Waals surface area contributed by atoms with Crippen LogP contribution in [0.3, 0.4) is 0 Å². The van der Waals surface area contributed by atoms with E-state index in [1.54, 1.807) is 0 Å². The van der Waals surface area contributed by atoms with Crippen molar-refractivity contribution >= 4 is 15.2 Å².